The molecule has 0 radical (unpaired) electrons. The number of rotatable bonds is 4. The molecule has 0 bridgehead atoms. The third-order valence-electron chi connectivity index (χ3n) is 4.00. The Hall–Kier alpha value is -1.10. The molecule has 0 saturated carbocycles. The Morgan fingerprint density at radius 2 is 2.16 bits per heavy atom. The van der Waals surface area contributed by atoms with E-state index in [0.29, 0.717) is 13.0 Å². The first kappa shape index (κ1) is 14.3. The van der Waals surface area contributed by atoms with Gasteiger partial charge in [-0.1, -0.05) is 13.3 Å². The van der Waals surface area contributed by atoms with E-state index in [1.165, 1.54) is 0 Å². The van der Waals surface area contributed by atoms with Crippen molar-refractivity contribution in [1.29, 1.82) is 0 Å². The van der Waals surface area contributed by atoms with Crippen molar-refractivity contribution in [1.82, 2.24) is 10.2 Å². The molecule has 5 heteroatoms. The number of hydrogen-bond donors (Lipinski definition) is 1. The number of carbonyl (C=O) groups is 2. The molecule has 2 saturated heterocycles. The second-order valence-electron chi connectivity index (χ2n) is 5.51. The van der Waals surface area contributed by atoms with Crippen LogP contribution in [0, 0.1) is 0 Å². The van der Waals surface area contributed by atoms with Gasteiger partial charge in [0.2, 0.25) is 11.8 Å². The van der Waals surface area contributed by atoms with Crippen LogP contribution >= 0.6 is 0 Å². The number of hydrogen-bond acceptors (Lipinski definition) is 3. The quantitative estimate of drug-likeness (QED) is 0.829. The van der Waals surface area contributed by atoms with E-state index in [2.05, 4.69) is 5.32 Å². The van der Waals surface area contributed by atoms with Crippen molar-refractivity contribution in [3.05, 3.63) is 0 Å². The monoisotopic (exact) mass is 268 g/mol. The molecule has 2 rings (SSSR count). The highest BCUT2D eigenvalue weighted by molar-refractivity contribution is 5.96. The van der Waals surface area contributed by atoms with E-state index in [4.69, 9.17) is 4.74 Å². The zero-order chi connectivity index (χ0) is 13.8. The minimum absolute atomic E-state index is 0.0446. The summed E-state index contributed by atoms with van der Waals surface area (Å²) in [6.07, 6.45) is 4.91. The number of ether oxygens (including phenoxy) is 1. The van der Waals surface area contributed by atoms with Crippen molar-refractivity contribution in [2.24, 2.45) is 0 Å². The Morgan fingerprint density at radius 1 is 1.37 bits per heavy atom. The van der Waals surface area contributed by atoms with Crippen molar-refractivity contribution in [3.8, 4) is 0 Å². The van der Waals surface area contributed by atoms with Crippen LogP contribution in [0.1, 0.15) is 46.0 Å². The standard InChI is InChI=1S/C14H24N2O3/c1-3-6-12-14(18)16(10(2)13(17)15-12)9-11-7-4-5-8-19-11/h10-12H,3-9H2,1-2H3,(H,15,17). The van der Waals surface area contributed by atoms with Crippen molar-refractivity contribution in [2.75, 3.05) is 13.2 Å². The third-order valence-corrected chi connectivity index (χ3v) is 4.00. The summed E-state index contributed by atoms with van der Waals surface area (Å²) in [5.41, 5.74) is 0. The zero-order valence-electron chi connectivity index (χ0n) is 11.9. The molecule has 3 unspecified atom stereocenters. The van der Waals surface area contributed by atoms with Crippen LogP contribution in [0.4, 0.5) is 0 Å². The van der Waals surface area contributed by atoms with Crippen LogP contribution in [-0.2, 0) is 14.3 Å². The van der Waals surface area contributed by atoms with Gasteiger partial charge < -0.3 is 15.0 Å². The molecule has 5 nitrogen and oxygen atoms in total. The van der Waals surface area contributed by atoms with Crippen molar-refractivity contribution < 1.29 is 14.3 Å². The Labute approximate surface area is 114 Å². The first-order chi connectivity index (χ1) is 9.13. The maximum Gasteiger partial charge on any atom is 0.245 e. The topological polar surface area (TPSA) is 58.6 Å². The van der Waals surface area contributed by atoms with Gasteiger partial charge >= 0.3 is 0 Å². The number of amides is 2. The Morgan fingerprint density at radius 3 is 2.79 bits per heavy atom. The summed E-state index contributed by atoms with van der Waals surface area (Å²) in [5, 5.41) is 2.81. The summed E-state index contributed by atoms with van der Waals surface area (Å²) in [4.78, 5) is 26.0. The molecule has 0 aliphatic carbocycles. The van der Waals surface area contributed by atoms with Crippen LogP contribution in [-0.4, -0.2) is 48.1 Å². The lowest BCUT2D eigenvalue weighted by Crippen LogP contribution is -2.63. The van der Waals surface area contributed by atoms with Gasteiger partial charge in [0.25, 0.3) is 0 Å². The minimum Gasteiger partial charge on any atom is -0.376 e. The molecular formula is C14H24N2O3. The average Bonchev–Trinajstić information content (AvgIpc) is 2.42. The van der Waals surface area contributed by atoms with Gasteiger partial charge in [-0.2, -0.15) is 0 Å². The molecule has 19 heavy (non-hydrogen) atoms. The molecule has 0 aromatic carbocycles. The largest absolute Gasteiger partial charge is 0.376 e. The fourth-order valence-corrected chi connectivity index (χ4v) is 2.79. The molecule has 2 aliphatic heterocycles. The van der Waals surface area contributed by atoms with Crippen LogP contribution in [0.5, 0.6) is 0 Å². The summed E-state index contributed by atoms with van der Waals surface area (Å²) in [6, 6.07) is -0.733. The van der Waals surface area contributed by atoms with Crippen LogP contribution in [0.3, 0.4) is 0 Å². The molecular weight excluding hydrogens is 244 g/mol. The Balaban J connectivity index is 2.02. The van der Waals surface area contributed by atoms with Crippen LogP contribution < -0.4 is 5.32 Å². The van der Waals surface area contributed by atoms with Gasteiger partial charge in [-0.05, 0) is 32.6 Å². The predicted molar refractivity (Wildman–Crippen MR) is 71.6 cm³/mol. The maximum absolute atomic E-state index is 12.4. The molecule has 0 aromatic heterocycles. The highest BCUT2D eigenvalue weighted by Gasteiger charge is 2.38. The van der Waals surface area contributed by atoms with Crippen molar-refractivity contribution >= 4 is 11.8 Å². The fourth-order valence-electron chi connectivity index (χ4n) is 2.79. The Bertz CT molecular complexity index is 340. The van der Waals surface area contributed by atoms with Gasteiger partial charge in [-0.25, -0.2) is 0 Å². The fraction of sp³-hybridized carbons (Fsp3) is 0.857. The van der Waals surface area contributed by atoms with E-state index in [0.717, 1.165) is 32.3 Å². The number of nitrogens with one attached hydrogen (secondary N) is 1. The number of carbonyl (C=O) groups excluding carboxylic acids is 2. The molecule has 3 atom stereocenters. The first-order valence-corrected chi connectivity index (χ1v) is 7.36. The van der Waals surface area contributed by atoms with Gasteiger partial charge in [0.05, 0.1) is 6.10 Å². The van der Waals surface area contributed by atoms with E-state index in [9.17, 15) is 9.59 Å². The molecule has 2 heterocycles. The number of nitrogens with zero attached hydrogens (tertiary/aromatic N) is 1. The van der Waals surface area contributed by atoms with Crippen molar-refractivity contribution in [2.45, 2.75) is 64.1 Å². The number of piperazine rings is 1. The predicted octanol–water partition coefficient (Wildman–Crippen LogP) is 1.07. The molecule has 108 valence electrons. The summed E-state index contributed by atoms with van der Waals surface area (Å²) >= 11 is 0. The van der Waals surface area contributed by atoms with Crippen LogP contribution in [0.15, 0.2) is 0 Å². The maximum atomic E-state index is 12.4. The van der Waals surface area contributed by atoms with E-state index in [1.54, 1.807) is 11.8 Å². The van der Waals surface area contributed by atoms with E-state index in [1.807, 2.05) is 6.92 Å². The second-order valence-corrected chi connectivity index (χ2v) is 5.51. The third kappa shape index (κ3) is 3.26. The molecule has 2 fully saturated rings. The summed E-state index contributed by atoms with van der Waals surface area (Å²) in [5.74, 6) is -0.00279. The Kier molecular flexibility index (Phi) is 4.80. The van der Waals surface area contributed by atoms with Gasteiger partial charge in [0, 0.05) is 13.2 Å². The van der Waals surface area contributed by atoms with E-state index >= 15 is 0 Å². The highest BCUT2D eigenvalue weighted by atomic mass is 16.5. The highest BCUT2D eigenvalue weighted by Crippen LogP contribution is 2.19. The van der Waals surface area contributed by atoms with Gasteiger partial charge in [-0.15, -0.1) is 0 Å². The second kappa shape index (κ2) is 6.37. The summed E-state index contributed by atoms with van der Waals surface area (Å²) in [6.45, 7) is 5.13. The molecule has 0 spiro atoms. The zero-order valence-corrected chi connectivity index (χ0v) is 11.9. The van der Waals surface area contributed by atoms with Gasteiger partial charge in [0.15, 0.2) is 0 Å². The van der Waals surface area contributed by atoms with E-state index < -0.39 is 0 Å². The molecule has 1 N–H and O–H groups in total. The SMILES string of the molecule is CCCC1NC(=O)C(C)N(CC2CCCCO2)C1=O. The lowest BCUT2D eigenvalue weighted by atomic mass is 10.0. The van der Waals surface area contributed by atoms with Gasteiger partial charge in [0.1, 0.15) is 12.1 Å². The lowest BCUT2D eigenvalue weighted by molar-refractivity contribution is -0.151. The summed E-state index contributed by atoms with van der Waals surface area (Å²) in [7, 11) is 0. The van der Waals surface area contributed by atoms with Crippen molar-refractivity contribution in [3.63, 3.8) is 0 Å². The lowest BCUT2D eigenvalue weighted by Gasteiger charge is -2.39. The van der Waals surface area contributed by atoms with Gasteiger partial charge in [-0.3, -0.25) is 9.59 Å². The molecule has 2 amide bonds. The first-order valence-electron chi connectivity index (χ1n) is 7.36. The van der Waals surface area contributed by atoms with Crippen LogP contribution in [0.2, 0.25) is 0 Å². The molecule has 0 aromatic rings. The smallest absolute Gasteiger partial charge is 0.245 e. The normalized spacial score (nSPS) is 32.3. The minimum atomic E-state index is -0.383. The van der Waals surface area contributed by atoms with E-state index in [-0.39, 0.29) is 30.0 Å². The average molecular weight is 268 g/mol. The summed E-state index contributed by atoms with van der Waals surface area (Å²) < 4.78 is 5.68. The molecule has 2 aliphatic rings. The van der Waals surface area contributed by atoms with Crippen LogP contribution in [0.25, 0.3) is 0 Å².